The number of piperidine rings is 2. The summed E-state index contributed by atoms with van der Waals surface area (Å²) in [5.41, 5.74) is 0. The maximum atomic E-state index is 5.97. The molecule has 0 amide bonds. The third-order valence-corrected chi connectivity index (χ3v) is 5.14. The number of nitrogens with zero attached hydrogens (tertiary/aromatic N) is 3. The molecule has 6 nitrogen and oxygen atoms in total. The molecule has 0 aromatic heterocycles. The molecule has 0 bridgehead atoms. The summed E-state index contributed by atoms with van der Waals surface area (Å²) in [6, 6.07) is 0. The molecule has 2 rings (SSSR count). The number of likely N-dealkylation sites (tertiary alicyclic amines) is 2. The van der Waals surface area contributed by atoms with Gasteiger partial charge in [0.1, 0.15) is 0 Å². The van der Waals surface area contributed by atoms with Crippen molar-refractivity contribution in [1.29, 1.82) is 0 Å². The predicted molar refractivity (Wildman–Crippen MR) is 119 cm³/mol. The van der Waals surface area contributed by atoms with Crippen LogP contribution in [0.4, 0.5) is 0 Å². The first-order chi connectivity index (χ1) is 12.2. The monoisotopic (exact) mass is 482 g/mol. The highest BCUT2D eigenvalue weighted by Crippen LogP contribution is 2.17. The van der Waals surface area contributed by atoms with Gasteiger partial charge < -0.3 is 24.6 Å². The highest BCUT2D eigenvalue weighted by molar-refractivity contribution is 14.0. The van der Waals surface area contributed by atoms with Crippen molar-refractivity contribution in [3.05, 3.63) is 0 Å². The topological polar surface area (TPSA) is 49.3 Å². The summed E-state index contributed by atoms with van der Waals surface area (Å²) in [5.74, 6) is 1.79. The molecule has 1 atom stereocenters. The van der Waals surface area contributed by atoms with E-state index in [0.717, 1.165) is 64.6 Å². The van der Waals surface area contributed by atoms with E-state index in [9.17, 15) is 0 Å². The van der Waals surface area contributed by atoms with Crippen LogP contribution in [0.25, 0.3) is 0 Å². The van der Waals surface area contributed by atoms with Crippen molar-refractivity contribution in [2.45, 2.75) is 45.1 Å². The smallest absolute Gasteiger partial charge is 0.193 e. The lowest BCUT2D eigenvalue weighted by Crippen LogP contribution is -2.47. The molecule has 7 heteroatoms. The van der Waals surface area contributed by atoms with E-state index >= 15 is 0 Å². The summed E-state index contributed by atoms with van der Waals surface area (Å²) >= 11 is 0. The number of aliphatic imine (C=N–C) groups is 1. The molecule has 2 heterocycles. The van der Waals surface area contributed by atoms with Gasteiger partial charge in [-0.1, -0.05) is 0 Å². The van der Waals surface area contributed by atoms with Crippen molar-refractivity contribution in [3.8, 4) is 0 Å². The first-order valence-electron chi connectivity index (χ1n) is 10.0. The van der Waals surface area contributed by atoms with Crippen LogP contribution in [-0.4, -0.2) is 88.5 Å². The fourth-order valence-corrected chi connectivity index (χ4v) is 3.75. The molecule has 0 aromatic rings. The van der Waals surface area contributed by atoms with Gasteiger partial charge in [-0.2, -0.15) is 0 Å². The zero-order chi connectivity index (χ0) is 17.9. The normalized spacial score (nSPS) is 23.0. The molecule has 0 aromatic carbocycles. The van der Waals surface area contributed by atoms with Crippen LogP contribution in [0, 0.1) is 5.92 Å². The van der Waals surface area contributed by atoms with E-state index in [4.69, 9.17) is 14.5 Å². The standard InChI is InChI=1S/C19H38N4O2.HI/c1-4-20-19(21-15-17-7-5-10-22(2)16-17)23-11-8-18(9-12-23)25-14-6-13-24-3;/h17-18H,4-16H2,1-3H3,(H,20,21);1H. The zero-order valence-corrected chi connectivity index (χ0v) is 19.2. The Morgan fingerprint density at radius 1 is 1.15 bits per heavy atom. The summed E-state index contributed by atoms with van der Waals surface area (Å²) in [6.07, 6.45) is 6.16. The fraction of sp³-hybridized carbons (Fsp3) is 0.947. The van der Waals surface area contributed by atoms with Crippen LogP contribution in [0.3, 0.4) is 0 Å². The maximum Gasteiger partial charge on any atom is 0.193 e. The van der Waals surface area contributed by atoms with E-state index in [1.54, 1.807) is 7.11 Å². The Hall–Kier alpha value is -0.120. The van der Waals surface area contributed by atoms with Gasteiger partial charge in [0, 0.05) is 53.0 Å². The third kappa shape index (κ3) is 8.71. The Morgan fingerprint density at radius 3 is 2.58 bits per heavy atom. The number of hydrogen-bond acceptors (Lipinski definition) is 4. The number of rotatable bonds is 8. The average molecular weight is 482 g/mol. The molecule has 0 spiro atoms. The largest absolute Gasteiger partial charge is 0.385 e. The number of methoxy groups -OCH3 is 1. The van der Waals surface area contributed by atoms with Gasteiger partial charge in [-0.05, 0) is 58.5 Å². The summed E-state index contributed by atoms with van der Waals surface area (Å²) in [6.45, 7) is 10.1. The molecule has 2 aliphatic rings. The lowest BCUT2D eigenvalue weighted by molar-refractivity contribution is 0.00988. The zero-order valence-electron chi connectivity index (χ0n) is 16.9. The minimum Gasteiger partial charge on any atom is -0.385 e. The van der Waals surface area contributed by atoms with Crippen LogP contribution in [0.15, 0.2) is 4.99 Å². The molecule has 2 fully saturated rings. The number of ether oxygens (including phenoxy) is 2. The molecule has 1 N–H and O–H groups in total. The molecule has 26 heavy (non-hydrogen) atoms. The van der Waals surface area contributed by atoms with Crippen molar-refractivity contribution in [1.82, 2.24) is 15.1 Å². The highest BCUT2D eigenvalue weighted by Gasteiger charge is 2.23. The fourth-order valence-electron chi connectivity index (χ4n) is 3.75. The minimum atomic E-state index is 0. The summed E-state index contributed by atoms with van der Waals surface area (Å²) in [4.78, 5) is 9.80. The third-order valence-electron chi connectivity index (χ3n) is 5.14. The Balaban J connectivity index is 0.00000338. The lowest BCUT2D eigenvalue weighted by Gasteiger charge is -2.35. The maximum absolute atomic E-state index is 5.97. The van der Waals surface area contributed by atoms with Crippen molar-refractivity contribution in [3.63, 3.8) is 0 Å². The van der Waals surface area contributed by atoms with Crippen molar-refractivity contribution in [2.24, 2.45) is 10.9 Å². The Morgan fingerprint density at radius 2 is 1.92 bits per heavy atom. The molecule has 2 aliphatic heterocycles. The van der Waals surface area contributed by atoms with Crippen LogP contribution in [0.1, 0.15) is 39.0 Å². The van der Waals surface area contributed by atoms with E-state index in [0.29, 0.717) is 12.0 Å². The first-order valence-corrected chi connectivity index (χ1v) is 10.0. The van der Waals surface area contributed by atoms with Crippen LogP contribution in [-0.2, 0) is 9.47 Å². The molecule has 2 saturated heterocycles. The molecule has 0 radical (unpaired) electrons. The molecule has 1 unspecified atom stereocenters. The van der Waals surface area contributed by atoms with Gasteiger partial charge in [0.2, 0.25) is 0 Å². The Kier molecular flexibility index (Phi) is 12.8. The average Bonchev–Trinajstić information content (AvgIpc) is 2.63. The number of nitrogens with one attached hydrogen (secondary N) is 1. The summed E-state index contributed by atoms with van der Waals surface area (Å²) < 4.78 is 11.0. The van der Waals surface area contributed by atoms with Crippen LogP contribution in [0.5, 0.6) is 0 Å². The number of guanidine groups is 1. The van der Waals surface area contributed by atoms with Crippen molar-refractivity contribution in [2.75, 3.05) is 66.6 Å². The molecule has 0 aliphatic carbocycles. The van der Waals surface area contributed by atoms with E-state index in [2.05, 4.69) is 29.1 Å². The minimum absolute atomic E-state index is 0. The Bertz CT molecular complexity index is 390. The lowest BCUT2D eigenvalue weighted by atomic mass is 9.99. The second kappa shape index (κ2) is 14.0. The van der Waals surface area contributed by atoms with E-state index in [1.165, 1.54) is 25.9 Å². The summed E-state index contributed by atoms with van der Waals surface area (Å²) in [5, 5.41) is 3.48. The van der Waals surface area contributed by atoms with Gasteiger partial charge in [-0.25, -0.2) is 0 Å². The van der Waals surface area contributed by atoms with Gasteiger partial charge in [-0.3, -0.25) is 4.99 Å². The number of halogens is 1. The van der Waals surface area contributed by atoms with Crippen molar-refractivity contribution < 1.29 is 9.47 Å². The predicted octanol–water partition coefficient (Wildman–Crippen LogP) is 2.43. The van der Waals surface area contributed by atoms with E-state index in [-0.39, 0.29) is 24.0 Å². The highest BCUT2D eigenvalue weighted by atomic mass is 127. The molecular formula is C19H39IN4O2. The quantitative estimate of drug-likeness (QED) is 0.249. The van der Waals surface area contributed by atoms with Crippen molar-refractivity contribution >= 4 is 29.9 Å². The SMILES string of the molecule is CCNC(=NCC1CCCN(C)C1)N1CCC(OCCCOC)CC1.I. The number of hydrogen-bond donors (Lipinski definition) is 1. The van der Waals surface area contributed by atoms with Crippen LogP contribution in [0.2, 0.25) is 0 Å². The molecule has 0 saturated carbocycles. The molecule has 154 valence electrons. The van der Waals surface area contributed by atoms with Crippen LogP contribution >= 0.6 is 24.0 Å². The Labute approximate surface area is 177 Å². The van der Waals surface area contributed by atoms with Gasteiger partial charge in [0.25, 0.3) is 0 Å². The van der Waals surface area contributed by atoms with Gasteiger partial charge >= 0.3 is 0 Å². The van der Waals surface area contributed by atoms with Gasteiger partial charge in [0.05, 0.1) is 6.10 Å². The van der Waals surface area contributed by atoms with Gasteiger partial charge in [0.15, 0.2) is 5.96 Å². The van der Waals surface area contributed by atoms with Crippen LogP contribution < -0.4 is 5.32 Å². The second-order valence-corrected chi connectivity index (χ2v) is 7.37. The summed E-state index contributed by atoms with van der Waals surface area (Å²) in [7, 11) is 3.96. The van der Waals surface area contributed by atoms with E-state index in [1.807, 2.05) is 0 Å². The molecular weight excluding hydrogens is 443 g/mol. The second-order valence-electron chi connectivity index (χ2n) is 7.37. The first kappa shape index (κ1) is 23.9. The van der Waals surface area contributed by atoms with Gasteiger partial charge in [-0.15, -0.1) is 24.0 Å². The van der Waals surface area contributed by atoms with E-state index < -0.39 is 0 Å².